The van der Waals surface area contributed by atoms with Crippen molar-refractivity contribution in [2.24, 2.45) is 11.7 Å². The maximum Gasteiger partial charge on any atom is 0.451 e. The summed E-state index contributed by atoms with van der Waals surface area (Å²) < 4.78 is 14.7. The predicted octanol–water partition coefficient (Wildman–Crippen LogP) is 2.15. The Labute approximate surface area is 147 Å². The van der Waals surface area contributed by atoms with Gasteiger partial charge in [0.2, 0.25) is 0 Å². The monoisotopic (exact) mass is 349 g/mol. The van der Waals surface area contributed by atoms with E-state index in [0.29, 0.717) is 30.4 Å². The Balaban J connectivity index is 1.89. The molecule has 0 saturated heterocycles. The summed E-state index contributed by atoms with van der Waals surface area (Å²) >= 11 is 0. The Bertz CT molecular complexity index is 661. The first-order chi connectivity index (χ1) is 11.8. The Morgan fingerprint density at radius 3 is 2.60 bits per heavy atom. The van der Waals surface area contributed by atoms with Gasteiger partial charge >= 0.3 is 13.1 Å². The first-order valence-corrected chi connectivity index (χ1v) is 9.02. The second kappa shape index (κ2) is 7.06. The summed E-state index contributed by atoms with van der Waals surface area (Å²) in [5.41, 5.74) is 7.57. The molecule has 25 heavy (non-hydrogen) atoms. The summed E-state index contributed by atoms with van der Waals surface area (Å²) in [6.07, 6.45) is 5.16. The van der Waals surface area contributed by atoms with E-state index < -0.39 is 24.5 Å². The molecule has 0 heterocycles. The van der Waals surface area contributed by atoms with Gasteiger partial charge in [0.15, 0.2) is 0 Å². The van der Waals surface area contributed by atoms with Gasteiger partial charge in [0.25, 0.3) is 0 Å². The SMILES string of the molecule is NC1(c2cc3c(cc2F)C[C@H](CCCB(O)O)[C@@H]3C(=O)O)CCCC1. The molecule has 0 bridgehead atoms. The van der Waals surface area contributed by atoms with Crippen molar-refractivity contribution >= 4 is 13.1 Å². The number of nitrogens with two attached hydrogens (primary N) is 1. The second-order valence-corrected chi connectivity index (χ2v) is 7.59. The molecule has 0 radical (unpaired) electrons. The zero-order valence-electron chi connectivity index (χ0n) is 14.2. The van der Waals surface area contributed by atoms with Gasteiger partial charge < -0.3 is 20.9 Å². The summed E-state index contributed by atoms with van der Waals surface area (Å²) in [5.74, 6) is -2.09. The van der Waals surface area contributed by atoms with Gasteiger partial charge in [-0.25, -0.2) is 4.39 Å². The van der Waals surface area contributed by atoms with Crippen LogP contribution in [-0.2, 0) is 16.8 Å². The molecule has 0 spiro atoms. The fourth-order valence-electron chi connectivity index (χ4n) is 4.57. The van der Waals surface area contributed by atoms with E-state index in [0.717, 1.165) is 31.2 Å². The number of carboxylic acids is 1. The van der Waals surface area contributed by atoms with Gasteiger partial charge in [-0.15, -0.1) is 0 Å². The van der Waals surface area contributed by atoms with Crippen LogP contribution in [0, 0.1) is 11.7 Å². The van der Waals surface area contributed by atoms with Gasteiger partial charge in [-0.1, -0.05) is 19.3 Å². The van der Waals surface area contributed by atoms with Crippen LogP contribution < -0.4 is 5.73 Å². The largest absolute Gasteiger partial charge is 0.481 e. The van der Waals surface area contributed by atoms with Crippen LogP contribution in [0.4, 0.5) is 4.39 Å². The van der Waals surface area contributed by atoms with Crippen LogP contribution in [0.3, 0.4) is 0 Å². The first-order valence-electron chi connectivity index (χ1n) is 9.02. The van der Waals surface area contributed by atoms with E-state index in [1.807, 2.05) is 0 Å². The third-order valence-electron chi connectivity index (χ3n) is 5.85. The van der Waals surface area contributed by atoms with Crippen LogP contribution in [0.25, 0.3) is 0 Å². The Morgan fingerprint density at radius 2 is 2.00 bits per heavy atom. The molecule has 0 unspecified atom stereocenters. The molecule has 2 atom stereocenters. The lowest BCUT2D eigenvalue weighted by molar-refractivity contribution is -0.139. The fraction of sp³-hybridized carbons (Fsp3) is 0.611. The van der Waals surface area contributed by atoms with Crippen LogP contribution >= 0.6 is 0 Å². The van der Waals surface area contributed by atoms with Gasteiger partial charge in [0.05, 0.1) is 5.92 Å². The number of halogens is 1. The molecule has 1 aromatic carbocycles. The molecule has 0 amide bonds. The summed E-state index contributed by atoms with van der Waals surface area (Å²) in [7, 11) is -1.38. The fourth-order valence-corrected chi connectivity index (χ4v) is 4.57. The molecule has 136 valence electrons. The number of hydrogen-bond acceptors (Lipinski definition) is 4. The van der Waals surface area contributed by atoms with Gasteiger partial charge in [0, 0.05) is 11.1 Å². The van der Waals surface area contributed by atoms with E-state index in [1.54, 1.807) is 6.07 Å². The maximum atomic E-state index is 14.7. The highest BCUT2D eigenvalue weighted by atomic mass is 19.1. The molecular weight excluding hydrogens is 324 g/mol. The van der Waals surface area contributed by atoms with Gasteiger partial charge in [-0.3, -0.25) is 4.79 Å². The molecule has 3 rings (SSSR count). The smallest absolute Gasteiger partial charge is 0.451 e. The van der Waals surface area contributed by atoms with Crippen molar-refractivity contribution < 1.29 is 24.3 Å². The van der Waals surface area contributed by atoms with Crippen molar-refractivity contribution in [1.82, 2.24) is 0 Å². The summed E-state index contributed by atoms with van der Waals surface area (Å²) in [4.78, 5) is 11.8. The maximum absolute atomic E-state index is 14.7. The van der Waals surface area contributed by atoms with Crippen molar-refractivity contribution in [1.29, 1.82) is 0 Å². The molecule has 0 aromatic heterocycles. The third-order valence-corrected chi connectivity index (χ3v) is 5.85. The number of fused-ring (bicyclic) bond motifs is 1. The summed E-state index contributed by atoms with van der Waals surface area (Å²) in [6.45, 7) is 0. The lowest BCUT2D eigenvalue weighted by Gasteiger charge is -2.26. The van der Waals surface area contributed by atoms with Gasteiger partial charge in [-0.2, -0.15) is 0 Å². The average molecular weight is 349 g/mol. The van der Waals surface area contributed by atoms with Crippen molar-refractivity contribution in [3.8, 4) is 0 Å². The highest BCUT2D eigenvalue weighted by molar-refractivity contribution is 6.40. The molecule has 7 heteroatoms. The summed E-state index contributed by atoms with van der Waals surface area (Å²) in [5, 5.41) is 27.7. The molecule has 2 aliphatic rings. The van der Waals surface area contributed by atoms with E-state index in [9.17, 15) is 14.3 Å². The van der Waals surface area contributed by atoms with Crippen LogP contribution in [-0.4, -0.2) is 28.2 Å². The minimum atomic E-state index is -1.38. The minimum absolute atomic E-state index is 0.154. The van der Waals surface area contributed by atoms with E-state index >= 15 is 0 Å². The number of rotatable bonds is 6. The van der Waals surface area contributed by atoms with Gasteiger partial charge in [0.1, 0.15) is 5.82 Å². The minimum Gasteiger partial charge on any atom is -0.481 e. The molecule has 2 aliphatic carbocycles. The Hall–Kier alpha value is -1.44. The van der Waals surface area contributed by atoms with Crippen molar-refractivity contribution in [2.75, 3.05) is 0 Å². The molecule has 1 saturated carbocycles. The van der Waals surface area contributed by atoms with Crippen LogP contribution in [0.1, 0.15) is 61.1 Å². The van der Waals surface area contributed by atoms with E-state index in [2.05, 4.69) is 0 Å². The van der Waals surface area contributed by atoms with Crippen molar-refractivity contribution in [3.63, 3.8) is 0 Å². The normalized spacial score (nSPS) is 24.3. The zero-order chi connectivity index (χ0) is 18.2. The Kier molecular flexibility index (Phi) is 5.18. The van der Waals surface area contributed by atoms with Crippen LogP contribution in [0.15, 0.2) is 12.1 Å². The number of carbonyl (C=O) groups is 1. The predicted molar refractivity (Wildman–Crippen MR) is 92.5 cm³/mol. The highest BCUT2D eigenvalue weighted by Crippen LogP contribution is 2.45. The number of hydrogen-bond donors (Lipinski definition) is 4. The number of aliphatic carboxylic acids is 1. The van der Waals surface area contributed by atoms with Crippen LogP contribution in [0.5, 0.6) is 0 Å². The van der Waals surface area contributed by atoms with Gasteiger partial charge in [-0.05, 0) is 61.2 Å². The van der Waals surface area contributed by atoms with E-state index in [1.165, 1.54) is 6.07 Å². The summed E-state index contributed by atoms with van der Waals surface area (Å²) in [6, 6.07) is 3.16. The van der Waals surface area contributed by atoms with E-state index in [-0.39, 0.29) is 18.1 Å². The van der Waals surface area contributed by atoms with Crippen LogP contribution in [0.2, 0.25) is 6.32 Å². The average Bonchev–Trinajstić information content (AvgIpc) is 3.10. The quantitative estimate of drug-likeness (QED) is 0.589. The second-order valence-electron chi connectivity index (χ2n) is 7.59. The third kappa shape index (κ3) is 3.59. The molecular formula is C18H25BFNO4. The first kappa shape index (κ1) is 18.4. The van der Waals surface area contributed by atoms with Crippen molar-refractivity contribution in [2.45, 2.75) is 62.7 Å². The highest BCUT2D eigenvalue weighted by Gasteiger charge is 2.41. The van der Waals surface area contributed by atoms with E-state index in [4.69, 9.17) is 15.8 Å². The number of carboxylic acid groups (broad SMARTS) is 1. The zero-order valence-corrected chi connectivity index (χ0v) is 14.2. The molecule has 5 nitrogen and oxygen atoms in total. The lowest BCUT2D eigenvalue weighted by Crippen LogP contribution is -2.34. The standard InChI is InChI=1S/C18H25BFNO4/c20-15-9-12-8-11(4-3-7-19(24)25)16(17(22)23)13(12)10-14(15)18(21)5-1-2-6-18/h9-11,16,24-25H,1-8,21H2,(H,22,23)/t11-,16-/m0/s1. The molecule has 1 aromatic rings. The molecule has 5 N–H and O–H groups in total. The lowest BCUT2D eigenvalue weighted by atomic mass is 9.80. The number of benzene rings is 1. The molecule has 0 aliphatic heterocycles. The molecule has 1 fully saturated rings. The topological polar surface area (TPSA) is 104 Å². The van der Waals surface area contributed by atoms with Crippen molar-refractivity contribution in [3.05, 3.63) is 34.6 Å². The Morgan fingerprint density at radius 1 is 1.32 bits per heavy atom.